The summed E-state index contributed by atoms with van der Waals surface area (Å²) in [6, 6.07) is 10.0. The number of rotatable bonds is 37. The van der Waals surface area contributed by atoms with Crippen molar-refractivity contribution in [2.75, 3.05) is 0 Å². The van der Waals surface area contributed by atoms with Crippen molar-refractivity contribution in [1.29, 1.82) is 0 Å². The van der Waals surface area contributed by atoms with Crippen molar-refractivity contribution in [3.8, 4) is 10.6 Å². The molecule has 0 aliphatic carbocycles. The van der Waals surface area contributed by atoms with E-state index in [1.165, 1.54) is 162 Å². The summed E-state index contributed by atoms with van der Waals surface area (Å²) < 4.78 is 8.00. The zero-order valence-corrected chi connectivity index (χ0v) is 51.9. The van der Waals surface area contributed by atoms with Crippen LogP contribution in [0, 0.1) is 15.0 Å². The molecule has 2 unspecified atom stereocenters. The molecule has 0 fully saturated rings. The maximum Gasteiger partial charge on any atom is 0.263 e. The Morgan fingerprint density at radius 1 is 0.403 bits per heavy atom. The first-order chi connectivity index (χ1) is 37.7. The third-order valence-corrected chi connectivity index (χ3v) is 23.4. The lowest BCUT2D eigenvalue weighted by atomic mass is 9.92. The highest BCUT2D eigenvalue weighted by molar-refractivity contribution is 7.78. The van der Waals surface area contributed by atoms with Crippen molar-refractivity contribution in [3.05, 3.63) is 74.9 Å². The Balaban J connectivity index is 1.31. The number of fused-ring (bicyclic) bond motifs is 7. The summed E-state index contributed by atoms with van der Waals surface area (Å²) in [4.78, 5) is 68.6. The first kappa shape index (κ1) is 59.9. The van der Waals surface area contributed by atoms with Crippen LogP contribution in [0.25, 0.3) is 70.5 Å². The van der Waals surface area contributed by atoms with Crippen LogP contribution in [0.15, 0.2) is 49.5 Å². The number of unbranched alkanes of at least 4 members (excludes halogenated alkanes) is 24. The summed E-state index contributed by atoms with van der Waals surface area (Å²) in [6.07, 6.45) is 37.8. The minimum absolute atomic E-state index is 0.160. The molecule has 0 amide bonds. The molecular formula is C64H87N3O4S6. The van der Waals surface area contributed by atoms with Crippen LogP contribution >= 0.6 is 68.9 Å². The van der Waals surface area contributed by atoms with Gasteiger partial charge in [0.05, 0.1) is 41.2 Å². The molecule has 0 saturated carbocycles. The number of pyridine rings is 2. The van der Waals surface area contributed by atoms with E-state index in [1.54, 1.807) is 31.8 Å². The van der Waals surface area contributed by atoms with Gasteiger partial charge in [0, 0.05) is 29.4 Å². The van der Waals surface area contributed by atoms with Crippen LogP contribution in [0.1, 0.15) is 233 Å². The Kier molecular flexibility index (Phi) is 23.8. The van der Waals surface area contributed by atoms with E-state index in [-0.39, 0.29) is 34.1 Å². The van der Waals surface area contributed by atoms with Crippen molar-refractivity contribution in [2.45, 2.75) is 246 Å². The number of nitrogens with zero attached hydrogens (tertiary/aromatic N) is 3. The molecule has 13 heteroatoms. The third kappa shape index (κ3) is 14.8. The Hall–Kier alpha value is -3.20. The molecule has 0 N–H and O–H groups in total. The van der Waals surface area contributed by atoms with E-state index < -0.39 is 0 Å². The first-order valence-electron chi connectivity index (χ1n) is 30.5. The quantitative estimate of drug-likeness (QED) is 0.0167. The van der Waals surface area contributed by atoms with Gasteiger partial charge in [-0.2, -0.15) is 0 Å². The second-order valence-corrected chi connectivity index (χ2v) is 29.3. The molecule has 0 radical (unpaired) electrons. The molecule has 0 aliphatic heterocycles. The third-order valence-electron chi connectivity index (χ3n) is 16.5. The molecule has 0 saturated heterocycles. The summed E-state index contributed by atoms with van der Waals surface area (Å²) in [5.41, 5.74) is 0.0473. The largest absolute Gasteiger partial charge is 0.274 e. The van der Waals surface area contributed by atoms with Gasteiger partial charge in [0.25, 0.3) is 22.2 Å². The molecule has 3 aromatic carbocycles. The van der Waals surface area contributed by atoms with E-state index in [2.05, 4.69) is 27.7 Å². The van der Waals surface area contributed by atoms with Crippen LogP contribution < -0.4 is 22.2 Å². The fraction of sp³-hybridized carbons (Fsp3) is 0.625. The molecule has 5 heterocycles. The minimum Gasteiger partial charge on any atom is -0.274 e. The molecule has 0 bridgehead atoms. The van der Waals surface area contributed by atoms with E-state index >= 15 is 19.2 Å². The fourth-order valence-corrected chi connectivity index (χ4v) is 19.6. The summed E-state index contributed by atoms with van der Waals surface area (Å²) in [7, 11) is 0. The zero-order chi connectivity index (χ0) is 54.1. The van der Waals surface area contributed by atoms with Crippen LogP contribution in [0.2, 0.25) is 0 Å². The van der Waals surface area contributed by atoms with E-state index in [0.717, 1.165) is 98.5 Å². The molecule has 8 aromatic rings. The predicted molar refractivity (Wildman–Crippen MR) is 345 cm³/mol. The van der Waals surface area contributed by atoms with E-state index in [9.17, 15) is 0 Å². The average molecular weight is 1150 g/mol. The Bertz CT molecular complexity index is 3230. The second kappa shape index (κ2) is 30.6. The lowest BCUT2D eigenvalue weighted by Crippen LogP contribution is -2.38. The fourth-order valence-electron chi connectivity index (χ4n) is 12.2. The Morgan fingerprint density at radius 2 is 0.740 bits per heavy atom. The van der Waals surface area contributed by atoms with Gasteiger partial charge in [-0.3, -0.25) is 28.3 Å². The highest BCUT2D eigenvalue weighted by atomic mass is 32.2. The van der Waals surface area contributed by atoms with Crippen LogP contribution in [0.3, 0.4) is 0 Å². The standard InChI is InChI=1S/C64H87N3O4S6/c1-5-9-13-17-21-23-27-32-38-44(36-30-25-19-15-11-7-3)42-66-58(68)49-47-48-50(54-53(49)65-57(73-54)46-40-34-29-35-41-46)59(69)67(43-45(37-31-26-20-16-12-8-4)39-33-28-24-22-18-14-10-6-2)61(71)52(48)56-55(51(47)60(66)70)74-62-63(75-56)77-64(72)76-62/h29,34-35,40-41,44-45H,5-28,30-33,36-39,42-43H2,1-4H3. The average Bonchev–Trinajstić information content (AvgIpc) is 4.06. The van der Waals surface area contributed by atoms with Crippen molar-refractivity contribution in [1.82, 2.24) is 14.1 Å². The lowest BCUT2D eigenvalue weighted by Gasteiger charge is -2.21. The van der Waals surface area contributed by atoms with E-state index in [0.29, 0.717) is 65.3 Å². The molecular weight excluding hydrogens is 1070 g/mol. The number of aromatic nitrogens is 3. The number of benzene rings is 3. The topological polar surface area (TPSA) is 91.0 Å². The number of hydrogen-bond acceptors (Lipinski definition) is 11. The van der Waals surface area contributed by atoms with Gasteiger partial charge in [0.15, 0.2) is 0 Å². The highest BCUT2D eigenvalue weighted by Gasteiger charge is 2.31. The van der Waals surface area contributed by atoms with Gasteiger partial charge in [-0.25, -0.2) is 4.98 Å². The Morgan fingerprint density at radius 3 is 1.13 bits per heavy atom. The molecule has 77 heavy (non-hydrogen) atoms. The van der Waals surface area contributed by atoms with Crippen LogP contribution in [-0.2, 0) is 13.1 Å². The van der Waals surface area contributed by atoms with Crippen LogP contribution in [0.5, 0.6) is 0 Å². The minimum atomic E-state index is -0.356. The van der Waals surface area contributed by atoms with Gasteiger partial charge >= 0.3 is 0 Å². The Labute approximate surface area is 482 Å². The molecule has 2 atom stereocenters. The molecule has 7 nitrogen and oxygen atoms in total. The number of hydrogen-bond donors (Lipinski definition) is 0. The first-order valence-corrected chi connectivity index (χ1v) is 35.0. The smallest absolute Gasteiger partial charge is 0.263 e. The normalized spacial score (nSPS) is 13.0. The van der Waals surface area contributed by atoms with Crippen molar-refractivity contribution >= 4 is 129 Å². The summed E-state index contributed by atoms with van der Waals surface area (Å²) in [6.45, 7) is 9.71. The molecule has 0 spiro atoms. The predicted octanol–water partition coefficient (Wildman–Crippen LogP) is 21.0. The SMILES string of the molecule is CCCCCCCCCCC(CCCCCCCC)Cn1c(=O)c2c3nc(-c4ccccc4)sc3c3c(=O)n(CC(CCCCCCCC)CCCCCCCCCC)c(=O)c4c5sc6sc(=S)sc6sc5c(c1=O)c2c34. The zero-order valence-electron chi connectivity index (χ0n) is 47.0. The highest BCUT2D eigenvalue weighted by Crippen LogP contribution is 2.49. The number of thiazole rings is 1. The van der Waals surface area contributed by atoms with Crippen molar-refractivity contribution < 1.29 is 0 Å². The van der Waals surface area contributed by atoms with Gasteiger partial charge in [-0.15, -0.1) is 56.7 Å². The van der Waals surface area contributed by atoms with E-state index in [4.69, 9.17) is 17.2 Å². The summed E-state index contributed by atoms with van der Waals surface area (Å²) >= 11 is 13.4. The molecule has 418 valence electrons. The van der Waals surface area contributed by atoms with Gasteiger partial charge in [-0.05, 0) is 37.5 Å². The summed E-state index contributed by atoms with van der Waals surface area (Å²) in [5.74, 6) is 0.325. The van der Waals surface area contributed by atoms with Gasteiger partial charge < -0.3 is 0 Å². The molecule has 5 aromatic heterocycles. The van der Waals surface area contributed by atoms with Gasteiger partial charge in [0.2, 0.25) is 0 Å². The summed E-state index contributed by atoms with van der Waals surface area (Å²) in [5, 5.41) is 3.28. The molecule has 0 aliphatic rings. The van der Waals surface area contributed by atoms with Crippen LogP contribution in [0.4, 0.5) is 0 Å². The van der Waals surface area contributed by atoms with Crippen molar-refractivity contribution in [3.63, 3.8) is 0 Å². The lowest BCUT2D eigenvalue weighted by molar-refractivity contribution is 0.350. The maximum absolute atomic E-state index is 15.8. The van der Waals surface area contributed by atoms with Crippen LogP contribution in [-0.4, -0.2) is 14.1 Å². The van der Waals surface area contributed by atoms with Crippen molar-refractivity contribution in [2.24, 2.45) is 11.8 Å². The van der Waals surface area contributed by atoms with Gasteiger partial charge in [0.1, 0.15) is 16.2 Å². The van der Waals surface area contributed by atoms with Gasteiger partial charge in [-0.1, -0.05) is 250 Å². The monoisotopic (exact) mass is 1150 g/mol. The second-order valence-electron chi connectivity index (χ2n) is 22.5. The molecule has 8 rings (SSSR count). The maximum atomic E-state index is 15.8. The van der Waals surface area contributed by atoms with E-state index in [1.807, 2.05) is 30.3 Å².